The number of hydrogen-bond donors (Lipinski definition) is 1. The maximum atomic E-state index is 12.3. The molecule has 0 bridgehead atoms. The molecule has 0 aliphatic heterocycles. The van der Waals surface area contributed by atoms with Crippen LogP contribution in [0.5, 0.6) is 11.5 Å². The number of ether oxygens (including phenoxy) is 2. The lowest BCUT2D eigenvalue weighted by molar-refractivity contribution is -0.118. The van der Waals surface area contributed by atoms with Gasteiger partial charge in [0.15, 0.2) is 21.3 Å². The van der Waals surface area contributed by atoms with Gasteiger partial charge in [-0.3, -0.25) is 4.79 Å². The average Bonchev–Trinajstić information content (AvgIpc) is 2.59. The molecule has 1 amide bonds. The molecule has 0 heterocycles. The SMILES string of the molecule is COc1cc(CNC(=O)CS(=O)(=O)Cc2cccc(Br)c2)ccc1OC(F)F. The standard InChI is InChI=1S/C18H18BrF2NO5S/c1-26-16-8-12(5-6-15(16)27-18(20)21)9-22-17(23)11-28(24,25)10-13-3-2-4-14(19)7-13/h2-8,18H,9-11H2,1H3,(H,22,23). The number of rotatable bonds is 9. The molecule has 2 aromatic carbocycles. The summed E-state index contributed by atoms with van der Waals surface area (Å²) in [5, 5.41) is 2.49. The number of hydrogen-bond acceptors (Lipinski definition) is 5. The van der Waals surface area contributed by atoms with Gasteiger partial charge in [-0.25, -0.2) is 8.42 Å². The van der Waals surface area contributed by atoms with Crippen LogP contribution < -0.4 is 14.8 Å². The molecule has 6 nitrogen and oxygen atoms in total. The third-order valence-corrected chi connectivity index (χ3v) is 5.53. The maximum Gasteiger partial charge on any atom is 0.387 e. The number of halogens is 3. The Morgan fingerprint density at radius 1 is 1.14 bits per heavy atom. The first-order valence-electron chi connectivity index (χ1n) is 8.02. The van der Waals surface area contributed by atoms with Crippen molar-refractivity contribution in [2.75, 3.05) is 12.9 Å². The largest absolute Gasteiger partial charge is 0.493 e. The Bertz CT molecular complexity index is 937. The predicted molar refractivity (Wildman–Crippen MR) is 103 cm³/mol. The van der Waals surface area contributed by atoms with E-state index in [9.17, 15) is 22.0 Å². The monoisotopic (exact) mass is 477 g/mol. The van der Waals surface area contributed by atoms with Gasteiger partial charge in [0, 0.05) is 11.0 Å². The lowest BCUT2D eigenvalue weighted by atomic mass is 10.2. The van der Waals surface area contributed by atoms with Crippen LogP contribution in [-0.4, -0.2) is 33.8 Å². The van der Waals surface area contributed by atoms with Crippen LogP contribution >= 0.6 is 15.9 Å². The van der Waals surface area contributed by atoms with Crippen molar-refractivity contribution in [1.29, 1.82) is 0 Å². The van der Waals surface area contributed by atoms with Crippen LogP contribution in [0.2, 0.25) is 0 Å². The van der Waals surface area contributed by atoms with E-state index in [1.54, 1.807) is 24.3 Å². The van der Waals surface area contributed by atoms with Crippen molar-refractivity contribution in [1.82, 2.24) is 5.32 Å². The molecule has 0 atom stereocenters. The molecule has 0 radical (unpaired) electrons. The lowest BCUT2D eigenvalue weighted by Crippen LogP contribution is -2.30. The van der Waals surface area contributed by atoms with Gasteiger partial charge in [-0.05, 0) is 35.4 Å². The molecule has 0 aromatic heterocycles. The summed E-state index contributed by atoms with van der Waals surface area (Å²) in [5.74, 6) is -1.64. The van der Waals surface area contributed by atoms with Crippen LogP contribution in [0.3, 0.4) is 0 Å². The quantitative estimate of drug-likeness (QED) is 0.599. The fourth-order valence-corrected chi connectivity index (χ4v) is 4.14. The first-order valence-corrected chi connectivity index (χ1v) is 10.6. The second-order valence-corrected chi connectivity index (χ2v) is 8.78. The third kappa shape index (κ3) is 7.08. The van der Waals surface area contributed by atoms with Crippen molar-refractivity contribution in [2.24, 2.45) is 0 Å². The number of alkyl halides is 2. The van der Waals surface area contributed by atoms with Crippen LogP contribution in [0.1, 0.15) is 11.1 Å². The lowest BCUT2D eigenvalue weighted by Gasteiger charge is -2.12. The van der Waals surface area contributed by atoms with Gasteiger partial charge in [-0.15, -0.1) is 0 Å². The average molecular weight is 478 g/mol. The minimum Gasteiger partial charge on any atom is -0.493 e. The summed E-state index contributed by atoms with van der Waals surface area (Å²) in [6, 6.07) is 11.0. The Morgan fingerprint density at radius 3 is 2.54 bits per heavy atom. The van der Waals surface area contributed by atoms with E-state index in [0.29, 0.717) is 11.1 Å². The molecule has 0 aliphatic rings. The third-order valence-electron chi connectivity index (χ3n) is 3.56. The summed E-state index contributed by atoms with van der Waals surface area (Å²) in [7, 11) is -2.35. The molecule has 0 saturated carbocycles. The van der Waals surface area contributed by atoms with E-state index < -0.39 is 28.1 Å². The second-order valence-electron chi connectivity index (χ2n) is 5.80. The highest BCUT2D eigenvalue weighted by atomic mass is 79.9. The predicted octanol–water partition coefficient (Wildman–Crippen LogP) is 3.29. The molecule has 2 rings (SSSR count). The zero-order valence-electron chi connectivity index (χ0n) is 14.8. The smallest absolute Gasteiger partial charge is 0.387 e. The van der Waals surface area contributed by atoms with Crippen LogP contribution in [0.25, 0.3) is 0 Å². The van der Waals surface area contributed by atoms with Gasteiger partial charge in [0.25, 0.3) is 0 Å². The number of carbonyl (C=O) groups excluding carboxylic acids is 1. The molecule has 152 valence electrons. The molecule has 0 fully saturated rings. The molecule has 28 heavy (non-hydrogen) atoms. The zero-order chi connectivity index (χ0) is 20.7. The fourth-order valence-electron chi connectivity index (χ4n) is 2.40. The molecule has 0 saturated heterocycles. The molecule has 0 unspecified atom stereocenters. The van der Waals surface area contributed by atoms with E-state index in [-0.39, 0.29) is 23.8 Å². The number of amides is 1. The summed E-state index contributed by atoms with van der Waals surface area (Å²) >= 11 is 3.27. The van der Waals surface area contributed by atoms with Crippen LogP contribution in [0.4, 0.5) is 8.78 Å². The van der Waals surface area contributed by atoms with Crippen LogP contribution in [-0.2, 0) is 26.9 Å². The van der Waals surface area contributed by atoms with Crippen molar-refractivity contribution in [2.45, 2.75) is 18.9 Å². The van der Waals surface area contributed by atoms with Gasteiger partial charge < -0.3 is 14.8 Å². The topological polar surface area (TPSA) is 81.7 Å². The Hall–Kier alpha value is -2.20. The Balaban J connectivity index is 1.94. The highest BCUT2D eigenvalue weighted by molar-refractivity contribution is 9.10. The summed E-state index contributed by atoms with van der Waals surface area (Å²) in [6.45, 7) is -2.98. The van der Waals surface area contributed by atoms with E-state index in [0.717, 1.165) is 4.47 Å². The highest BCUT2D eigenvalue weighted by Crippen LogP contribution is 2.29. The minimum atomic E-state index is -3.65. The molecule has 2 aromatic rings. The molecular formula is C18H18BrF2NO5S. The summed E-state index contributed by atoms with van der Waals surface area (Å²) in [4.78, 5) is 12.0. The van der Waals surface area contributed by atoms with Gasteiger partial charge >= 0.3 is 6.61 Å². The van der Waals surface area contributed by atoms with Crippen LogP contribution in [0, 0.1) is 0 Å². The molecule has 0 spiro atoms. The van der Waals surface area contributed by atoms with E-state index in [4.69, 9.17) is 4.74 Å². The minimum absolute atomic E-state index is 0.0105. The summed E-state index contributed by atoms with van der Waals surface area (Å²) < 4.78 is 59.1. The van der Waals surface area contributed by atoms with Crippen molar-refractivity contribution < 1.29 is 31.5 Å². The van der Waals surface area contributed by atoms with Crippen molar-refractivity contribution >= 4 is 31.7 Å². The molecule has 10 heteroatoms. The van der Waals surface area contributed by atoms with Crippen molar-refractivity contribution in [3.63, 3.8) is 0 Å². The number of methoxy groups -OCH3 is 1. The Morgan fingerprint density at radius 2 is 1.89 bits per heavy atom. The number of sulfone groups is 1. The highest BCUT2D eigenvalue weighted by Gasteiger charge is 2.18. The molecule has 0 aliphatic carbocycles. The summed E-state index contributed by atoms with van der Waals surface area (Å²) in [6.07, 6.45) is 0. The maximum absolute atomic E-state index is 12.3. The normalized spacial score (nSPS) is 11.3. The Labute approximate surface area is 169 Å². The van der Waals surface area contributed by atoms with Crippen molar-refractivity contribution in [3.8, 4) is 11.5 Å². The molecule has 1 N–H and O–H groups in total. The number of benzene rings is 2. The van der Waals surface area contributed by atoms with Gasteiger partial charge in [-0.2, -0.15) is 8.78 Å². The fraction of sp³-hybridized carbons (Fsp3) is 0.278. The number of nitrogens with one attached hydrogen (secondary N) is 1. The Kier molecular flexibility index (Phi) is 7.76. The molecular weight excluding hydrogens is 460 g/mol. The van der Waals surface area contributed by atoms with Crippen LogP contribution in [0.15, 0.2) is 46.9 Å². The van der Waals surface area contributed by atoms with Gasteiger partial charge in [0.1, 0.15) is 5.75 Å². The second kappa shape index (κ2) is 9.83. The van der Waals surface area contributed by atoms with Gasteiger partial charge in [-0.1, -0.05) is 34.1 Å². The van der Waals surface area contributed by atoms with E-state index in [1.807, 2.05) is 0 Å². The first kappa shape index (κ1) is 22.1. The van der Waals surface area contributed by atoms with E-state index >= 15 is 0 Å². The van der Waals surface area contributed by atoms with Crippen molar-refractivity contribution in [3.05, 3.63) is 58.1 Å². The van der Waals surface area contributed by atoms with Gasteiger partial charge in [0.2, 0.25) is 5.91 Å². The van der Waals surface area contributed by atoms with E-state index in [1.165, 1.54) is 25.3 Å². The van der Waals surface area contributed by atoms with Gasteiger partial charge in [0.05, 0.1) is 12.9 Å². The number of carbonyl (C=O) groups is 1. The summed E-state index contributed by atoms with van der Waals surface area (Å²) in [5.41, 5.74) is 1.11. The van der Waals surface area contributed by atoms with E-state index in [2.05, 4.69) is 26.0 Å². The first-order chi connectivity index (χ1) is 13.2. The zero-order valence-corrected chi connectivity index (χ0v) is 17.2.